The normalized spacial score (nSPS) is 14.6. The second-order valence-electron chi connectivity index (χ2n) is 7.25. The van der Waals surface area contributed by atoms with Crippen LogP contribution in [-0.4, -0.2) is 78.9 Å². The summed E-state index contributed by atoms with van der Waals surface area (Å²) in [6.45, 7) is 7.86. The Balaban J connectivity index is 1.73. The number of rotatable bonds is 8. The molecular weight excluding hydrogens is 368 g/mol. The van der Waals surface area contributed by atoms with Crippen molar-refractivity contribution in [2.45, 2.75) is 20.3 Å². The van der Waals surface area contributed by atoms with Crippen LogP contribution in [0.2, 0.25) is 0 Å². The van der Waals surface area contributed by atoms with Crippen LogP contribution >= 0.6 is 0 Å². The smallest absolute Gasteiger partial charge is 0.238 e. The lowest BCUT2D eigenvalue weighted by atomic mass is 10.1. The lowest BCUT2D eigenvalue weighted by molar-refractivity contribution is -0.130. The molecule has 0 bridgehead atoms. The van der Waals surface area contributed by atoms with Crippen LogP contribution in [0.15, 0.2) is 18.2 Å². The van der Waals surface area contributed by atoms with Gasteiger partial charge in [-0.2, -0.15) is 10.5 Å². The quantitative estimate of drug-likeness (QED) is 0.661. The number of para-hydroxylation sites is 1. The minimum atomic E-state index is -0.177. The monoisotopic (exact) mass is 396 g/mol. The van der Waals surface area contributed by atoms with E-state index >= 15 is 0 Å². The molecule has 1 fully saturated rings. The van der Waals surface area contributed by atoms with Gasteiger partial charge < -0.3 is 15.1 Å². The predicted molar refractivity (Wildman–Crippen MR) is 110 cm³/mol. The van der Waals surface area contributed by atoms with Crippen molar-refractivity contribution in [2.24, 2.45) is 0 Å². The summed E-state index contributed by atoms with van der Waals surface area (Å²) in [5, 5.41) is 20.5. The van der Waals surface area contributed by atoms with Crippen LogP contribution in [0.5, 0.6) is 0 Å². The number of nitrogens with zero attached hydrogens (tertiary/aromatic N) is 5. The van der Waals surface area contributed by atoms with E-state index < -0.39 is 0 Å². The van der Waals surface area contributed by atoms with Crippen LogP contribution in [0.4, 0.5) is 5.69 Å². The molecule has 2 amide bonds. The summed E-state index contributed by atoms with van der Waals surface area (Å²) in [4.78, 5) is 30.1. The molecule has 0 radical (unpaired) electrons. The molecular formula is C21H28N6O2. The Morgan fingerprint density at radius 1 is 1.03 bits per heavy atom. The number of piperazine rings is 1. The molecule has 1 aromatic rings. The van der Waals surface area contributed by atoms with Gasteiger partial charge in [-0.15, -0.1) is 0 Å². The molecule has 1 heterocycles. The Hall–Kier alpha value is -2.94. The average Bonchev–Trinajstić information content (AvgIpc) is 2.70. The second-order valence-corrected chi connectivity index (χ2v) is 7.25. The second kappa shape index (κ2) is 11.2. The summed E-state index contributed by atoms with van der Waals surface area (Å²) in [5.74, 6) is -0.196. The van der Waals surface area contributed by atoms with Crippen molar-refractivity contribution in [1.29, 1.82) is 10.5 Å². The van der Waals surface area contributed by atoms with Crippen LogP contribution in [0.1, 0.15) is 17.5 Å². The molecule has 29 heavy (non-hydrogen) atoms. The Labute approximate surface area is 172 Å². The molecule has 154 valence electrons. The van der Waals surface area contributed by atoms with Gasteiger partial charge in [-0.05, 0) is 25.0 Å². The van der Waals surface area contributed by atoms with Crippen molar-refractivity contribution in [3.63, 3.8) is 0 Å². The highest BCUT2D eigenvalue weighted by Crippen LogP contribution is 2.19. The van der Waals surface area contributed by atoms with E-state index in [0.29, 0.717) is 13.1 Å². The first-order valence-electron chi connectivity index (χ1n) is 9.77. The van der Waals surface area contributed by atoms with E-state index in [1.807, 2.05) is 44.2 Å². The van der Waals surface area contributed by atoms with E-state index in [0.717, 1.165) is 43.0 Å². The molecule has 0 spiro atoms. The van der Waals surface area contributed by atoms with Crippen LogP contribution < -0.4 is 5.32 Å². The fraction of sp³-hybridized carbons (Fsp3) is 0.524. The van der Waals surface area contributed by atoms with Gasteiger partial charge in [0.25, 0.3) is 0 Å². The third-order valence-electron chi connectivity index (χ3n) is 5.10. The summed E-state index contributed by atoms with van der Waals surface area (Å²) < 4.78 is 0. The van der Waals surface area contributed by atoms with Gasteiger partial charge >= 0.3 is 0 Å². The average molecular weight is 396 g/mol. The number of hydrogen-bond donors (Lipinski definition) is 1. The molecule has 0 unspecified atom stereocenters. The number of amides is 2. The van der Waals surface area contributed by atoms with Crippen molar-refractivity contribution < 1.29 is 9.59 Å². The number of aryl methyl sites for hydroxylation is 2. The van der Waals surface area contributed by atoms with Crippen molar-refractivity contribution in [2.75, 3.05) is 57.7 Å². The lowest BCUT2D eigenvalue weighted by Crippen LogP contribution is -2.49. The van der Waals surface area contributed by atoms with E-state index in [2.05, 4.69) is 15.1 Å². The van der Waals surface area contributed by atoms with Gasteiger partial charge in [0, 0.05) is 44.8 Å². The van der Waals surface area contributed by atoms with Crippen LogP contribution in [-0.2, 0) is 9.59 Å². The third-order valence-corrected chi connectivity index (χ3v) is 5.10. The molecule has 8 nitrogen and oxygen atoms in total. The number of anilines is 1. The first-order valence-corrected chi connectivity index (χ1v) is 9.77. The van der Waals surface area contributed by atoms with Crippen molar-refractivity contribution in [1.82, 2.24) is 14.7 Å². The molecule has 1 aromatic carbocycles. The highest BCUT2D eigenvalue weighted by atomic mass is 16.2. The minimum absolute atomic E-state index is 0.0188. The molecule has 0 atom stereocenters. The van der Waals surface area contributed by atoms with Crippen LogP contribution in [0.25, 0.3) is 0 Å². The Bertz CT molecular complexity index is 766. The maximum Gasteiger partial charge on any atom is 0.238 e. The number of nitriles is 2. The number of carbonyl (C=O) groups is 2. The van der Waals surface area contributed by atoms with E-state index in [9.17, 15) is 9.59 Å². The molecule has 2 rings (SSSR count). The number of hydrogen-bond acceptors (Lipinski definition) is 6. The van der Waals surface area contributed by atoms with Crippen LogP contribution in [0.3, 0.4) is 0 Å². The Morgan fingerprint density at radius 2 is 1.59 bits per heavy atom. The van der Waals surface area contributed by atoms with Crippen molar-refractivity contribution in [3.8, 4) is 12.1 Å². The zero-order chi connectivity index (χ0) is 21.2. The molecule has 0 aromatic heterocycles. The molecule has 8 heteroatoms. The number of nitrogens with one attached hydrogen (secondary N) is 1. The van der Waals surface area contributed by atoms with Gasteiger partial charge in [-0.25, -0.2) is 0 Å². The molecule has 1 aliphatic rings. The standard InChI is InChI=1S/C21H28N6O2/c1-17-4-3-5-18(2)21(17)24-19(28)16-26-14-12-25(13-15-26)9-6-20(29)27(10-7-22)11-8-23/h3-5H,6,9-16H2,1-2H3,(H,24,28). The van der Waals surface area contributed by atoms with E-state index in [-0.39, 0.29) is 31.3 Å². The van der Waals surface area contributed by atoms with Gasteiger partial charge in [-0.1, -0.05) is 18.2 Å². The molecule has 1 aliphatic heterocycles. The van der Waals surface area contributed by atoms with Crippen LogP contribution in [0, 0.1) is 36.5 Å². The van der Waals surface area contributed by atoms with Gasteiger partial charge in [0.1, 0.15) is 13.1 Å². The van der Waals surface area contributed by atoms with Gasteiger partial charge in [0.2, 0.25) is 11.8 Å². The van der Waals surface area contributed by atoms with Gasteiger partial charge in [0.15, 0.2) is 0 Å². The summed E-state index contributed by atoms with van der Waals surface area (Å²) in [7, 11) is 0. The molecule has 1 saturated heterocycles. The zero-order valence-corrected chi connectivity index (χ0v) is 17.1. The fourth-order valence-corrected chi connectivity index (χ4v) is 3.38. The summed E-state index contributed by atoms with van der Waals surface area (Å²) in [5.41, 5.74) is 2.98. The highest BCUT2D eigenvalue weighted by molar-refractivity contribution is 5.93. The Kier molecular flexibility index (Phi) is 8.60. The zero-order valence-electron chi connectivity index (χ0n) is 17.1. The first-order chi connectivity index (χ1) is 13.9. The topological polar surface area (TPSA) is 103 Å². The molecule has 0 aliphatic carbocycles. The molecule has 0 saturated carbocycles. The molecule has 1 N–H and O–H groups in total. The lowest BCUT2D eigenvalue weighted by Gasteiger charge is -2.34. The first kappa shape index (κ1) is 22.4. The van der Waals surface area contributed by atoms with E-state index in [1.165, 1.54) is 4.90 Å². The SMILES string of the molecule is Cc1cccc(C)c1NC(=O)CN1CCN(CCC(=O)N(CC#N)CC#N)CC1. The van der Waals surface area contributed by atoms with Crippen molar-refractivity contribution >= 4 is 17.5 Å². The highest BCUT2D eigenvalue weighted by Gasteiger charge is 2.21. The maximum atomic E-state index is 12.4. The number of benzene rings is 1. The van der Waals surface area contributed by atoms with Gasteiger partial charge in [0.05, 0.1) is 18.7 Å². The predicted octanol–water partition coefficient (Wildman–Crippen LogP) is 1.13. The summed E-state index contributed by atoms with van der Waals surface area (Å²) in [6, 6.07) is 9.77. The van der Waals surface area contributed by atoms with E-state index in [1.54, 1.807) is 0 Å². The maximum absolute atomic E-state index is 12.4. The minimum Gasteiger partial charge on any atom is -0.324 e. The summed E-state index contributed by atoms with van der Waals surface area (Å²) in [6.07, 6.45) is 0.288. The number of carbonyl (C=O) groups excluding carboxylic acids is 2. The van der Waals surface area contributed by atoms with Crippen molar-refractivity contribution in [3.05, 3.63) is 29.3 Å². The third kappa shape index (κ3) is 6.86. The summed E-state index contributed by atoms with van der Waals surface area (Å²) >= 11 is 0. The fourth-order valence-electron chi connectivity index (χ4n) is 3.38. The Morgan fingerprint density at radius 3 is 2.14 bits per heavy atom. The largest absolute Gasteiger partial charge is 0.324 e. The van der Waals surface area contributed by atoms with Gasteiger partial charge in [-0.3, -0.25) is 14.5 Å². The van der Waals surface area contributed by atoms with E-state index in [4.69, 9.17) is 10.5 Å².